The van der Waals surface area contributed by atoms with Gasteiger partial charge in [-0.2, -0.15) is 22.0 Å². The predicted molar refractivity (Wildman–Crippen MR) is 67.6 cm³/mol. The summed E-state index contributed by atoms with van der Waals surface area (Å²) in [7, 11) is 0. The molecule has 0 aliphatic heterocycles. The number of hydrogen-bond acceptors (Lipinski definition) is 4. The monoisotopic (exact) mass is 400 g/mol. The van der Waals surface area contributed by atoms with Crippen molar-refractivity contribution in [3.8, 4) is 5.75 Å². The summed E-state index contributed by atoms with van der Waals surface area (Å²) < 4.78 is 62.7. The molecule has 0 amide bonds. The minimum absolute atomic E-state index is 0. The van der Waals surface area contributed by atoms with Crippen molar-refractivity contribution in [3.63, 3.8) is 0 Å². The first-order chi connectivity index (χ1) is 8.89. The summed E-state index contributed by atoms with van der Waals surface area (Å²) >= 11 is 2.70. The number of halogens is 7. The Kier molecular flexibility index (Phi) is 5.92. The first-order valence-corrected chi connectivity index (χ1v) is 5.55. The fourth-order valence-corrected chi connectivity index (χ4v) is 1.82. The highest BCUT2D eigenvalue weighted by Gasteiger charge is 2.62. The van der Waals surface area contributed by atoms with Gasteiger partial charge in [0, 0.05) is 16.1 Å². The molecule has 21 heavy (non-hydrogen) atoms. The molecule has 0 spiro atoms. The summed E-state index contributed by atoms with van der Waals surface area (Å²) in [6.07, 6.45) is -5.96. The second-order valence-electron chi connectivity index (χ2n) is 3.72. The molecule has 0 radical (unpaired) electrons. The first-order valence-electron chi connectivity index (χ1n) is 4.76. The predicted octanol–water partition coefficient (Wildman–Crippen LogP) is 3.68. The standard InChI is InChI=1S/C9H6BrF5N2O3.ClH/c10-3-1-4(6(18)5(2-3)17(19)20)7(16)8(11,12)9(13,14)15;/h1-2,7,18H,16H2;1H/t7-;/m1./s1. The van der Waals surface area contributed by atoms with Gasteiger partial charge in [0.2, 0.25) is 0 Å². The number of nitrogens with zero attached hydrogens (tertiary/aromatic N) is 1. The van der Waals surface area contributed by atoms with Gasteiger partial charge in [-0.15, -0.1) is 12.4 Å². The van der Waals surface area contributed by atoms with E-state index in [1.807, 2.05) is 0 Å². The van der Waals surface area contributed by atoms with Crippen LogP contribution in [0.15, 0.2) is 16.6 Å². The number of phenolic OH excluding ortho intramolecular Hbond substituents is 1. The Bertz CT molecular complexity index is 555. The molecule has 0 unspecified atom stereocenters. The van der Waals surface area contributed by atoms with Gasteiger partial charge in [0.15, 0.2) is 5.75 Å². The average Bonchev–Trinajstić information content (AvgIpc) is 2.28. The van der Waals surface area contributed by atoms with E-state index in [-0.39, 0.29) is 16.9 Å². The Labute approximate surface area is 128 Å². The van der Waals surface area contributed by atoms with Crippen molar-refractivity contribution in [1.82, 2.24) is 0 Å². The van der Waals surface area contributed by atoms with E-state index in [0.717, 1.165) is 6.07 Å². The molecule has 1 aromatic carbocycles. The maximum absolute atomic E-state index is 13.1. The summed E-state index contributed by atoms with van der Waals surface area (Å²) in [4.78, 5) is 9.43. The normalized spacial score (nSPS) is 13.5. The molecule has 0 aliphatic rings. The summed E-state index contributed by atoms with van der Waals surface area (Å²) in [6, 6.07) is -1.58. The number of alkyl halides is 5. The third-order valence-electron chi connectivity index (χ3n) is 2.38. The molecule has 1 aromatic rings. The summed E-state index contributed by atoms with van der Waals surface area (Å²) in [6.45, 7) is 0. The van der Waals surface area contributed by atoms with Crippen molar-refractivity contribution in [2.75, 3.05) is 0 Å². The fraction of sp³-hybridized carbons (Fsp3) is 0.333. The minimum Gasteiger partial charge on any atom is -0.502 e. The van der Waals surface area contributed by atoms with Gasteiger partial charge in [0.1, 0.15) is 6.04 Å². The average molecular weight is 402 g/mol. The van der Waals surface area contributed by atoms with Gasteiger partial charge < -0.3 is 10.8 Å². The molecule has 0 bridgehead atoms. The van der Waals surface area contributed by atoms with E-state index in [9.17, 15) is 37.2 Å². The van der Waals surface area contributed by atoms with Crippen molar-refractivity contribution in [1.29, 1.82) is 0 Å². The number of benzene rings is 1. The molecule has 1 atom stereocenters. The third-order valence-corrected chi connectivity index (χ3v) is 2.84. The zero-order valence-electron chi connectivity index (χ0n) is 9.70. The van der Waals surface area contributed by atoms with E-state index in [0.29, 0.717) is 6.07 Å². The van der Waals surface area contributed by atoms with Gasteiger partial charge in [-0.25, -0.2) is 0 Å². The quantitative estimate of drug-likeness (QED) is 0.459. The summed E-state index contributed by atoms with van der Waals surface area (Å²) in [5, 5.41) is 20.0. The minimum atomic E-state index is -5.96. The first kappa shape index (κ1) is 19.8. The number of hydrogen-bond donors (Lipinski definition) is 2. The summed E-state index contributed by atoms with van der Waals surface area (Å²) in [5.41, 5.74) is 2.70. The molecule has 0 heterocycles. The van der Waals surface area contributed by atoms with Crippen LogP contribution in [0.3, 0.4) is 0 Å². The van der Waals surface area contributed by atoms with Gasteiger partial charge in [-0.3, -0.25) is 10.1 Å². The van der Waals surface area contributed by atoms with Crippen LogP contribution in [-0.2, 0) is 0 Å². The molecule has 12 heteroatoms. The zero-order valence-corrected chi connectivity index (χ0v) is 12.1. The van der Waals surface area contributed by atoms with Gasteiger partial charge in [0.05, 0.1) is 4.92 Å². The number of nitro benzene ring substituents is 1. The smallest absolute Gasteiger partial charge is 0.455 e. The van der Waals surface area contributed by atoms with E-state index in [4.69, 9.17) is 5.73 Å². The summed E-state index contributed by atoms with van der Waals surface area (Å²) in [5.74, 6) is -6.70. The Hall–Kier alpha value is -1.20. The van der Waals surface area contributed by atoms with Crippen LogP contribution in [0.25, 0.3) is 0 Å². The molecular formula is C9H7BrClF5N2O3. The van der Waals surface area contributed by atoms with Crippen molar-refractivity contribution >= 4 is 34.0 Å². The zero-order chi connectivity index (χ0) is 15.9. The maximum atomic E-state index is 13.1. The number of aromatic hydroxyl groups is 1. The van der Waals surface area contributed by atoms with Crippen LogP contribution < -0.4 is 5.73 Å². The number of nitrogens with two attached hydrogens (primary N) is 1. The lowest BCUT2D eigenvalue weighted by molar-refractivity contribution is -0.386. The van der Waals surface area contributed by atoms with Crippen LogP contribution in [0.4, 0.5) is 27.6 Å². The second-order valence-corrected chi connectivity index (χ2v) is 4.63. The fourth-order valence-electron chi connectivity index (χ4n) is 1.35. The van der Waals surface area contributed by atoms with E-state index in [2.05, 4.69) is 15.9 Å². The van der Waals surface area contributed by atoms with Crippen LogP contribution in [0.5, 0.6) is 5.75 Å². The number of phenols is 1. The highest BCUT2D eigenvalue weighted by Crippen LogP contribution is 2.47. The van der Waals surface area contributed by atoms with Gasteiger partial charge in [-0.1, -0.05) is 15.9 Å². The molecule has 120 valence electrons. The van der Waals surface area contributed by atoms with Crippen molar-refractivity contribution < 1.29 is 32.0 Å². The molecule has 0 aromatic heterocycles. The van der Waals surface area contributed by atoms with E-state index >= 15 is 0 Å². The molecule has 1 rings (SSSR count). The topological polar surface area (TPSA) is 89.4 Å². The molecule has 3 N–H and O–H groups in total. The Balaban J connectivity index is 0.00000400. The van der Waals surface area contributed by atoms with Crippen molar-refractivity contribution in [2.45, 2.75) is 18.1 Å². The highest BCUT2D eigenvalue weighted by molar-refractivity contribution is 9.10. The Morgan fingerprint density at radius 3 is 2.14 bits per heavy atom. The van der Waals surface area contributed by atoms with Crippen LogP contribution >= 0.6 is 28.3 Å². The maximum Gasteiger partial charge on any atom is 0.455 e. The third kappa shape index (κ3) is 3.71. The van der Waals surface area contributed by atoms with Gasteiger partial charge in [0.25, 0.3) is 0 Å². The Morgan fingerprint density at radius 2 is 1.76 bits per heavy atom. The second kappa shape index (κ2) is 6.28. The SMILES string of the molecule is Cl.N[C@H](c1cc(Br)cc([N+](=O)[O-])c1O)C(F)(F)C(F)(F)F. The van der Waals surface area contributed by atoms with Gasteiger partial charge >= 0.3 is 17.8 Å². The van der Waals surface area contributed by atoms with E-state index in [1.165, 1.54) is 0 Å². The molecule has 0 saturated carbocycles. The van der Waals surface area contributed by atoms with Crippen LogP contribution in [0.2, 0.25) is 0 Å². The molecular weight excluding hydrogens is 394 g/mol. The van der Waals surface area contributed by atoms with Crippen LogP contribution in [0.1, 0.15) is 11.6 Å². The molecule has 0 fully saturated rings. The van der Waals surface area contributed by atoms with Crippen molar-refractivity contribution in [3.05, 3.63) is 32.3 Å². The molecule has 5 nitrogen and oxygen atoms in total. The van der Waals surface area contributed by atoms with E-state index < -0.39 is 40.1 Å². The largest absolute Gasteiger partial charge is 0.502 e. The lowest BCUT2D eigenvalue weighted by Crippen LogP contribution is -2.45. The number of nitro groups is 1. The Morgan fingerprint density at radius 1 is 1.29 bits per heavy atom. The molecule has 0 saturated heterocycles. The lowest BCUT2D eigenvalue weighted by atomic mass is 9.99. The van der Waals surface area contributed by atoms with Crippen LogP contribution in [-0.4, -0.2) is 22.1 Å². The lowest BCUT2D eigenvalue weighted by Gasteiger charge is -2.26. The molecule has 0 aliphatic carbocycles. The van der Waals surface area contributed by atoms with Crippen molar-refractivity contribution in [2.24, 2.45) is 5.73 Å². The van der Waals surface area contributed by atoms with E-state index in [1.54, 1.807) is 0 Å². The van der Waals surface area contributed by atoms with Crippen LogP contribution in [0, 0.1) is 10.1 Å². The van der Waals surface area contributed by atoms with Gasteiger partial charge in [-0.05, 0) is 6.07 Å². The number of rotatable bonds is 3. The highest BCUT2D eigenvalue weighted by atomic mass is 79.9.